The zero-order chi connectivity index (χ0) is 13.4. The van der Waals surface area contributed by atoms with Crippen LogP contribution in [-0.2, 0) is 0 Å². The predicted octanol–water partition coefficient (Wildman–Crippen LogP) is -1.30. The molecule has 20 heavy (non-hydrogen) atoms. The topological polar surface area (TPSA) is 136 Å². The Labute approximate surface area is 128 Å². The van der Waals surface area contributed by atoms with Gasteiger partial charge in [0.05, 0.1) is 12.4 Å². The minimum Gasteiger partial charge on any atom is -0.349 e. The van der Waals surface area contributed by atoms with Gasteiger partial charge in [-0.25, -0.2) is 9.97 Å². The van der Waals surface area contributed by atoms with Gasteiger partial charge in [0.2, 0.25) is 0 Å². The first-order valence-electron chi connectivity index (χ1n) is 5.47. The molecule has 0 unspecified atom stereocenters. The summed E-state index contributed by atoms with van der Waals surface area (Å²) in [7, 11) is 0. The van der Waals surface area contributed by atoms with Crippen molar-refractivity contribution in [2.45, 2.75) is 0 Å². The van der Waals surface area contributed by atoms with E-state index >= 15 is 0 Å². The van der Waals surface area contributed by atoms with Gasteiger partial charge in [0, 0.05) is 26.2 Å². The summed E-state index contributed by atoms with van der Waals surface area (Å²) in [6, 6.07) is 0. The molecule has 0 saturated heterocycles. The number of nitrogens with two attached hydrogens (primary N) is 2. The van der Waals surface area contributed by atoms with Crippen LogP contribution in [0.5, 0.6) is 0 Å². The third-order valence-corrected chi connectivity index (χ3v) is 1.98. The highest BCUT2D eigenvalue weighted by molar-refractivity contribution is 5.94. The van der Waals surface area contributed by atoms with Crippen molar-refractivity contribution in [1.82, 2.24) is 20.6 Å². The van der Waals surface area contributed by atoms with Gasteiger partial charge in [-0.3, -0.25) is 9.59 Å². The number of aromatic nitrogens is 2. The minimum absolute atomic E-state index is 0. The lowest BCUT2D eigenvalue weighted by Crippen LogP contribution is -2.31. The number of amides is 2. The van der Waals surface area contributed by atoms with Gasteiger partial charge in [0.25, 0.3) is 11.8 Å². The quantitative estimate of drug-likeness (QED) is 0.513. The molecule has 1 aromatic heterocycles. The van der Waals surface area contributed by atoms with E-state index in [1.54, 1.807) is 0 Å². The molecule has 6 N–H and O–H groups in total. The van der Waals surface area contributed by atoms with Crippen LogP contribution in [0, 0.1) is 0 Å². The molecule has 0 aliphatic rings. The molecular formula is C10H18Cl2N6O2. The van der Waals surface area contributed by atoms with Gasteiger partial charge in [0.15, 0.2) is 0 Å². The average Bonchev–Trinajstić information content (AvgIpc) is 2.42. The fourth-order valence-electron chi connectivity index (χ4n) is 1.12. The van der Waals surface area contributed by atoms with Crippen molar-refractivity contribution in [2.24, 2.45) is 11.5 Å². The van der Waals surface area contributed by atoms with Crippen LogP contribution in [0.2, 0.25) is 0 Å². The van der Waals surface area contributed by atoms with Crippen molar-refractivity contribution in [2.75, 3.05) is 26.2 Å². The summed E-state index contributed by atoms with van der Waals surface area (Å²) < 4.78 is 0. The molecule has 0 fully saturated rings. The van der Waals surface area contributed by atoms with Crippen molar-refractivity contribution in [3.8, 4) is 0 Å². The second kappa shape index (κ2) is 11.4. The van der Waals surface area contributed by atoms with Crippen molar-refractivity contribution < 1.29 is 9.59 Å². The molecule has 0 saturated carbocycles. The third-order valence-electron chi connectivity index (χ3n) is 1.98. The fraction of sp³-hybridized carbons (Fsp3) is 0.400. The van der Waals surface area contributed by atoms with E-state index in [0.717, 1.165) is 0 Å². The second-order valence-corrected chi connectivity index (χ2v) is 3.38. The first-order valence-corrected chi connectivity index (χ1v) is 5.47. The van der Waals surface area contributed by atoms with Gasteiger partial charge in [-0.1, -0.05) is 0 Å². The number of halogens is 2. The summed E-state index contributed by atoms with van der Waals surface area (Å²) in [6.07, 6.45) is 2.48. The number of carbonyl (C=O) groups excluding carboxylic acids is 2. The lowest BCUT2D eigenvalue weighted by atomic mass is 10.3. The summed E-state index contributed by atoms with van der Waals surface area (Å²) in [6.45, 7) is 1.41. The molecule has 0 atom stereocenters. The molecule has 10 heteroatoms. The van der Waals surface area contributed by atoms with E-state index in [2.05, 4.69) is 20.6 Å². The van der Waals surface area contributed by atoms with E-state index in [-0.39, 0.29) is 48.0 Å². The Bertz CT molecular complexity index is 376. The maximum atomic E-state index is 11.5. The summed E-state index contributed by atoms with van der Waals surface area (Å²) in [4.78, 5) is 30.6. The van der Waals surface area contributed by atoms with Gasteiger partial charge in [0.1, 0.15) is 11.4 Å². The van der Waals surface area contributed by atoms with Gasteiger partial charge in [-0.2, -0.15) is 0 Å². The Morgan fingerprint density at radius 3 is 1.50 bits per heavy atom. The number of nitrogens with one attached hydrogen (secondary N) is 2. The van der Waals surface area contributed by atoms with Gasteiger partial charge in [-0.15, -0.1) is 24.8 Å². The van der Waals surface area contributed by atoms with Crippen molar-refractivity contribution >= 4 is 36.6 Å². The summed E-state index contributed by atoms with van der Waals surface area (Å²) >= 11 is 0. The molecule has 0 aliphatic carbocycles. The molecule has 0 aromatic carbocycles. The molecule has 0 radical (unpaired) electrons. The van der Waals surface area contributed by atoms with Crippen LogP contribution in [0.4, 0.5) is 0 Å². The van der Waals surface area contributed by atoms with Crippen LogP contribution < -0.4 is 22.1 Å². The average molecular weight is 325 g/mol. The molecule has 1 heterocycles. The Morgan fingerprint density at radius 1 is 0.900 bits per heavy atom. The minimum atomic E-state index is -0.373. The molecule has 0 spiro atoms. The number of hydrogen-bond acceptors (Lipinski definition) is 6. The van der Waals surface area contributed by atoms with E-state index in [0.29, 0.717) is 26.2 Å². The Hall–Kier alpha value is -1.48. The third kappa shape index (κ3) is 6.62. The van der Waals surface area contributed by atoms with Crippen LogP contribution in [-0.4, -0.2) is 48.0 Å². The number of rotatable bonds is 6. The molecule has 1 rings (SSSR count). The number of nitrogens with zero attached hydrogens (tertiary/aromatic N) is 2. The Morgan fingerprint density at radius 2 is 1.25 bits per heavy atom. The van der Waals surface area contributed by atoms with Crippen molar-refractivity contribution in [3.05, 3.63) is 23.8 Å². The normalized spacial score (nSPS) is 8.90. The lowest BCUT2D eigenvalue weighted by molar-refractivity contribution is 0.0934. The standard InChI is InChI=1S/C10H16N6O2.2ClH/c11-1-3-13-9(17)7-5-16-8(6-15-7)10(18)14-4-2-12;;/h5-6H,1-4,11-12H2,(H,13,17)(H,14,18);2*1H. The van der Waals surface area contributed by atoms with E-state index in [1.165, 1.54) is 12.4 Å². The van der Waals surface area contributed by atoms with Crippen LogP contribution in [0.3, 0.4) is 0 Å². The zero-order valence-electron chi connectivity index (χ0n) is 10.7. The summed E-state index contributed by atoms with van der Waals surface area (Å²) in [5.74, 6) is -0.747. The molecule has 0 aliphatic heterocycles. The van der Waals surface area contributed by atoms with Crippen molar-refractivity contribution in [3.63, 3.8) is 0 Å². The lowest BCUT2D eigenvalue weighted by Gasteiger charge is -2.04. The van der Waals surface area contributed by atoms with E-state index in [4.69, 9.17) is 11.5 Å². The molecule has 2 amide bonds. The number of carbonyl (C=O) groups is 2. The Kier molecular flexibility index (Phi) is 11.8. The summed E-state index contributed by atoms with van der Waals surface area (Å²) in [5.41, 5.74) is 10.8. The molecule has 1 aromatic rings. The van der Waals surface area contributed by atoms with Gasteiger partial charge in [-0.05, 0) is 0 Å². The molecule has 0 bridgehead atoms. The van der Waals surface area contributed by atoms with E-state index in [1.807, 2.05) is 0 Å². The van der Waals surface area contributed by atoms with E-state index in [9.17, 15) is 9.59 Å². The maximum Gasteiger partial charge on any atom is 0.271 e. The predicted molar refractivity (Wildman–Crippen MR) is 79.3 cm³/mol. The first kappa shape index (κ1) is 20.8. The SMILES string of the molecule is Cl.Cl.NCCNC(=O)c1cnc(C(=O)NCCN)cn1. The summed E-state index contributed by atoms with van der Waals surface area (Å²) in [5, 5.41) is 5.10. The molecular weight excluding hydrogens is 307 g/mol. The van der Waals surface area contributed by atoms with Crippen LogP contribution in [0.15, 0.2) is 12.4 Å². The van der Waals surface area contributed by atoms with Crippen molar-refractivity contribution in [1.29, 1.82) is 0 Å². The van der Waals surface area contributed by atoms with E-state index < -0.39 is 0 Å². The first-order chi connectivity index (χ1) is 8.69. The van der Waals surface area contributed by atoms with Gasteiger partial charge < -0.3 is 22.1 Å². The second-order valence-electron chi connectivity index (χ2n) is 3.38. The van der Waals surface area contributed by atoms with Gasteiger partial charge >= 0.3 is 0 Å². The zero-order valence-corrected chi connectivity index (χ0v) is 12.3. The number of hydrogen-bond donors (Lipinski definition) is 4. The smallest absolute Gasteiger partial charge is 0.271 e. The van der Waals surface area contributed by atoms with Crippen LogP contribution >= 0.6 is 24.8 Å². The maximum absolute atomic E-state index is 11.5. The fourth-order valence-corrected chi connectivity index (χ4v) is 1.12. The Balaban J connectivity index is 0. The highest BCUT2D eigenvalue weighted by atomic mass is 35.5. The monoisotopic (exact) mass is 324 g/mol. The highest BCUT2D eigenvalue weighted by Crippen LogP contribution is 1.95. The van der Waals surface area contributed by atoms with Crippen LogP contribution in [0.25, 0.3) is 0 Å². The molecule has 8 nitrogen and oxygen atoms in total. The largest absolute Gasteiger partial charge is 0.349 e. The molecule has 114 valence electrons. The van der Waals surface area contributed by atoms with Crippen LogP contribution in [0.1, 0.15) is 21.0 Å². The highest BCUT2D eigenvalue weighted by Gasteiger charge is 2.10.